The zero-order valence-electron chi connectivity index (χ0n) is 10.1. The molecule has 0 saturated carbocycles. The third-order valence-electron chi connectivity index (χ3n) is 2.46. The number of nitrogen functional groups attached to an aromatic ring is 2. The number of nitroso groups, excluding NO2 is 1. The summed E-state index contributed by atoms with van der Waals surface area (Å²) in [7, 11) is 0. The Kier molecular flexibility index (Phi) is 3.87. The topological polar surface area (TPSA) is 116 Å². The number of ether oxygens (including phenoxy) is 1. The first kappa shape index (κ1) is 12.7. The minimum Gasteiger partial charge on any atom is -0.476 e. The van der Waals surface area contributed by atoms with Gasteiger partial charge in [-0.25, -0.2) is 0 Å². The minimum absolute atomic E-state index is 0.0101. The van der Waals surface area contributed by atoms with Crippen LogP contribution in [0, 0.1) is 4.91 Å². The van der Waals surface area contributed by atoms with Crippen LogP contribution in [0.25, 0.3) is 0 Å². The molecule has 0 aliphatic rings. The van der Waals surface area contributed by atoms with Crippen LogP contribution in [0.3, 0.4) is 0 Å². The van der Waals surface area contributed by atoms with Gasteiger partial charge in [-0.2, -0.15) is 9.97 Å². The standard InChI is InChI=1S/C12H13N5O2/c13-10-9(17-18)11(16-12(14)15-10)19-7-6-8-4-2-1-3-5-8/h1-5H,6-7H2,(H4,13,14,15,16). The third kappa shape index (κ3) is 3.15. The van der Waals surface area contributed by atoms with Crippen molar-refractivity contribution in [3.63, 3.8) is 0 Å². The summed E-state index contributed by atoms with van der Waals surface area (Å²) in [5, 5.41) is 2.76. The van der Waals surface area contributed by atoms with E-state index >= 15 is 0 Å². The van der Waals surface area contributed by atoms with Crippen LogP contribution >= 0.6 is 0 Å². The van der Waals surface area contributed by atoms with Crippen molar-refractivity contribution in [2.75, 3.05) is 18.1 Å². The fraction of sp³-hybridized carbons (Fsp3) is 0.167. The fourth-order valence-electron chi connectivity index (χ4n) is 1.56. The number of anilines is 2. The van der Waals surface area contributed by atoms with Crippen molar-refractivity contribution in [3.8, 4) is 5.88 Å². The summed E-state index contributed by atoms with van der Waals surface area (Å²) in [6.45, 7) is 0.336. The molecule has 0 unspecified atom stereocenters. The Morgan fingerprint density at radius 1 is 1.16 bits per heavy atom. The molecular weight excluding hydrogens is 246 g/mol. The number of nitrogens with two attached hydrogens (primary N) is 2. The Labute approximate surface area is 109 Å². The highest BCUT2D eigenvalue weighted by Gasteiger charge is 2.13. The second-order valence-electron chi connectivity index (χ2n) is 3.80. The van der Waals surface area contributed by atoms with Gasteiger partial charge in [-0.1, -0.05) is 30.3 Å². The highest BCUT2D eigenvalue weighted by Crippen LogP contribution is 2.30. The van der Waals surface area contributed by atoms with Gasteiger partial charge >= 0.3 is 0 Å². The quantitative estimate of drug-likeness (QED) is 0.788. The molecule has 1 heterocycles. The predicted molar refractivity (Wildman–Crippen MR) is 72.0 cm³/mol. The van der Waals surface area contributed by atoms with Crippen molar-refractivity contribution < 1.29 is 4.74 Å². The molecule has 1 aromatic heterocycles. The first-order valence-electron chi connectivity index (χ1n) is 5.63. The molecule has 0 fully saturated rings. The van der Waals surface area contributed by atoms with Crippen LogP contribution in [0.5, 0.6) is 5.88 Å². The number of benzene rings is 1. The lowest BCUT2D eigenvalue weighted by atomic mass is 10.2. The predicted octanol–water partition coefficient (Wildman–Crippen LogP) is 1.66. The van der Waals surface area contributed by atoms with Gasteiger partial charge in [0.1, 0.15) is 0 Å². The second kappa shape index (κ2) is 5.76. The summed E-state index contributed by atoms with van der Waals surface area (Å²) in [5.74, 6) is -0.132. The largest absolute Gasteiger partial charge is 0.476 e. The number of aromatic nitrogens is 2. The average Bonchev–Trinajstić information content (AvgIpc) is 2.39. The maximum absolute atomic E-state index is 10.7. The summed E-state index contributed by atoms with van der Waals surface area (Å²) in [4.78, 5) is 18.1. The summed E-state index contributed by atoms with van der Waals surface area (Å²) in [6.07, 6.45) is 0.670. The van der Waals surface area contributed by atoms with Crippen molar-refractivity contribution in [2.45, 2.75) is 6.42 Å². The van der Waals surface area contributed by atoms with Gasteiger partial charge in [0.15, 0.2) is 5.82 Å². The van der Waals surface area contributed by atoms with E-state index in [1.165, 1.54) is 0 Å². The van der Waals surface area contributed by atoms with Crippen LogP contribution in [-0.4, -0.2) is 16.6 Å². The number of rotatable bonds is 5. The highest BCUT2D eigenvalue weighted by atomic mass is 16.5. The van der Waals surface area contributed by atoms with E-state index in [9.17, 15) is 4.91 Å². The van der Waals surface area contributed by atoms with E-state index in [2.05, 4.69) is 15.1 Å². The van der Waals surface area contributed by atoms with Crippen LogP contribution in [-0.2, 0) is 6.42 Å². The van der Waals surface area contributed by atoms with E-state index in [4.69, 9.17) is 16.2 Å². The molecule has 0 amide bonds. The summed E-state index contributed by atoms with van der Waals surface area (Å²) in [6, 6.07) is 9.77. The maximum atomic E-state index is 10.7. The molecule has 0 aliphatic heterocycles. The maximum Gasteiger partial charge on any atom is 0.250 e. The Balaban J connectivity index is 2.05. The first-order chi connectivity index (χ1) is 9.20. The minimum atomic E-state index is -0.123. The van der Waals surface area contributed by atoms with E-state index in [-0.39, 0.29) is 23.3 Å². The molecule has 0 saturated heterocycles. The number of nitrogens with zero attached hydrogens (tertiary/aromatic N) is 3. The fourth-order valence-corrected chi connectivity index (χ4v) is 1.56. The molecule has 2 aromatic rings. The van der Waals surface area contributed by atoms with E-state index in [1.54, 1.807) is 0 Å². The first-order valence-corrected chi connectivity index (χ1v) is 5.63. The van der Waals surface area contributed by atoms with E-state index < -0.39 is 0 Å². The van der Waals surface area contributed by atoms with Gasteiger partial charge in [0.25, 0.3) is 5.88 Å². The molecule has 0 atom stereocenters. The van der Waals surface area contributed by atoms with Crippen molar-refractivity contribution in [1.29, 1.82) is 0 Å². The lowest BCUT2D eigenvalue weighted by Gasteiger charge is -2.08. The van der Waals surface area contributed by atoms with Gasteiger partial charge < -0.3 is 16.2 Å². The zero-order chi connectivity index (χ0) is 13.7. The van der Waals surface area contributed by atoms with Crippen LogP contribution in [0.2, 0.25) is 0 Å². The van der Waals surface area contributed by atoms with Crippen LogP contribution < -0.4 is 16.2 Å². The van der Waals surface area contributed by atoms with Gasteiger partial charge in [0.2, 0.25) is 11.6 Å². The van der Waals surface area contributed by atoms with E-state index in [0.717, 1.165) is 5.56 Å². The van der Waals surface area contributed by atoms with Crippen molar-refractivity contribution in [2.24, 2.45) is 5.18 Å². The number of hydrogen-bond donors (Lipinski definition) is 2. The zero-order valence-corrected chi connectivity index (χ0v) is 10.1. The summed E-state index contributed by atoms with van der Waals surface area (Å²) in [5.41, 5.74) is 11.9. The SMILES string of the molecule is Nc1nc(N)c(N=O)c(OCCc2ccccc2)n1. The molecule has 0 bridgehead atoms. The molecule has 0 radical (unpaired) electrons. The molecule has 7 heteroatoms. The molecule has 7 nitrogen and oxygen atoms in total. The van der Waals surface area contributed by atoms with Crippen LogP contribution in [0.4, 0.5) is 17.5 Å². The molecule has 1 aromatic carbocycles. The normalized spacial score (nSPS) is 10.1. The van der Waals surface area contributed by atoms with Gasteiger partial charge in [-0.15, -0.1) is 4.91 Å². The van der Waals surface area contributed by atoms with E-state index in [0.29, 0.717) is 13.0 Å². The average molecular weight is 259 g/mol. The smallest absolute Gasteiger partial charge is 0.250 e. The number of hydrogen-bond acceptors (Lipinski definition) is 7. The molecule has 0 spiro atoms. The monoisotopic (exact) mass is 259 g/mol. The van der Waals surface area contributed by atoms with Crippen molar-refractivity contribution >= 4 is 17.5 Å². The van der Waals surface area contributed by atoms with Crippen LogP contribution in [0.15, 0.2) is 35.5 Å². The molecule has 0 aliphatic carbocycles. The molecule has 19 heavy (non-hydrogen) atoms. The van der Waals surface area contributed by atoms with Crippen molar-refractivity contribution in [3.05, 3.63) is 40.8 Å². The Morgan fingerprint density at radius 3 is 2.58 bits per heavy atom. The molecular formula is C12H13N5O2. The summed E-state index contributed by atoms with van der Waals surface area (Å²) >= 11 is 0. The lowest BCUT2D eigenvalue weighted by molar-refractivity contribution is 0.311. The molecule has 2 rings (SSSR count). The third-order valence-corrected chi connectivity index (χ3v) is 2.46. The molecule has 4 N–H and O–H groups in total. The van der Waals surface area contributed by atoms with Crippen LogP contribution in [0.1, 0.15) is 5.56 Å². The Morgan fingerprint density at radius 2 is 1.89 bits per heavy atom. The van der Waals surface area contributed by atoms with E-state index in [1.807, 2.05) is 30.3 Å². The summed E-state index contributed by atoms with van der Waals surface area (Å²) < 4.78 is 5.39. The van der Waals surface area contributed by atoms with Gasteiger partial charge in [0.05, 0.1) is 6.61 Å². The highest BCUT2D eigenvalue weighted by molar-refractivity contribution is 5.65. The van der Waals surface area contributed by atoms with Crippen molar-refractivity contribution in [1.82, 2.24) is 9.97 Å². The second-order valence-corrected chi connectivity index (χ2v) is 3.80. The Bertz CT molecular complexity index is 574. The lowest BCUT2D eigenvalue weighted by Crippen LogP contribution is -2.07. The molecule has 98 valence electrons. The Hall–Kier alpha value is -2.70. The van der Waals surface area contributed by atoms with Gasteiger partial charge in [-0.05, 0) is 10.7 Å². The van der Waals surface area contributed by atoms with Gasteiger partial charge in [0, 0.05) is 6.42 Å². The van der Waals surface area contributed by atoms with Gasteiger partial charge in [-0.3, -0.25) is 0 Å².